The molecule has 0 aliphatic heterocycles. The summed E-state index contributed by atoms with van der Waals surface area (Å²) in [6.45, 7) is 3.60. The third kappa shape index (κ3) is 8.28. The molecular formula is C21H29ClIN3O3. The van der Waals surface area contributed by atoms with Gasteiger partial charge >= 0.3 is 0 Å². The number of aliphatic hydroxyl groups excluding tert-OH is 1. The van der Waals surface area contributed by atoms with Gasteiger partial charge in [-0.15, -0.1) is 24.0 Å². The third-order valence-electron chi connectivity index (χ3n) is 4.17. The summed E-state index contributed by atoms with van der Waals surface area (Å²) >= 11 is 6.19. The zero-order chi connectivity index (χ0) is 20.4. The summed E-state index contributed by atoms with van der Waals surface area (Å²) in [5, 5.41) is 17.7. The average molecular weight is 534 g/mol. The van der Waals surface area contributed by atoms with E-state index in [1.54, 1.807) is 32.4 Å². The minimum atomic E-state index is -0.775. The van der Waals surface area contributed by atoms with Crippen LogP contribution in [0, 0.1) is 0 Å². The van der Waals surface area contributed by atoms with E-state index in [1.165, 1.54) is 0 Å². The fourth-order valence-corrected chi connectivity index (χ4v) is 2.89. The summed E-state index contributed by atoms with van der Waals surface area (Å²) in [5.41, 5.74) is 1.77. The van der Waals surface area contributed by atoms with Gasteiger partial charge in [-0.3, -0.25) is 4.99 Å². The summed E-state index contributed by atoms with van der Waals surface area (Å²) in [6.07, 6.45) is 0.00253. The molecule has 0 fully saturated rings. The highest BCUT2D eigenvalue weighted by Gasteiger charge is 2.11. The standard InChI is InChI=1S/C21H28ClN3O3.HI/c1-4-23-21(24-10-9-15-7-5-6-8-19(15)22)25-14-20(26)16-11-17(27-2)13-18(12-16)28-3;/h5-8,11-13,20,26H,4,9-10,14H2,1-3H3,(H2,23,24,25);1H. The minimum absolute atomic E-state index is 0. The van der Waals surface area contributed by atoms with Crippen LogP contribution in [0.5, 0.6) is 11.5 Å². The van der Waals surface area contributed by atoms with Gasteiger partial charge in [0.2, 0.25) is 0 Å². The number of aliphatic hydroxyl groups is 1. The maximum absolute atomic E-state index is 10.5. The van der Waals surface area contributed by atoms with Crippen LogP contribution >= 0.6 is 35.6 Å². The fourth-order valence-electron chi connectivity index (χ4n) is 2.66. The van der Waals surface area contributed by atoms with Gasteiger partial charge in [-0.25, -0.2) is 0 Å². The molecule has 0 spiro atoms. The fraction of sp³-hybridized carbons (Fsp3) is 0.381. The third-order valence-corrected chi connectivity index (χ3v) is 4.54. The lowest BCUT2D eigenvalue weighted by atomic mass is 10.1. The Morgan fingerprint density at radius 2 is 1.76 bits per heavy atom. The monoisotopic (exact) mass is 533 g/mol. The summed E-state index contributed by atoms with van der Waals surface area (Å²) < 4.78 is 10.5. The molecular weight excluding hydrogens is 505 g/mol. The van der Waals surface area contributed by atoms with E-state index in [0.29, 0.717) is 29.6 Å². The van der Waals surface area contributed by atoms with Crippen LogP contribution in [0.15, 0.2) is 47.5 Å². The Kier molecular flexibility index (Phi) is 11.8. The van der Waals surface area contributed by atoms with E-state index in [2.05, 4.69) is 15.6 Å². The number of nitrogens with zero attached hydrogens (tertiary/aromatic N) is 1. The lowest BCUT2D eigenvalue weighted by molar-refractivity contribution is 0.186. The molecule has 1 atom stereocenters. The summed E-state index contributed by atoms with van der Waals surface area (Å²) in [5.74, 6) is 1.90. The molecule has 0 aliphatic rings. The molecule has 0 saturated carbocycles. The molecule has 0 radical (unpaired) electrons. The summed E-state index contributed by atoms with van der Waals surface area (Å²) in [4.78, 5) is 4.48. The van der Waals surface area contributed by atoms with Crippen molar-refractivity contribution in [2.24, 2.45) is 4.99 Å². The van der Waals surface area contributed by atoms with Crippen LogP contribution in [0.3, 0.4) is 0 Å². The number of benzene rings is 2. The molecule has 0 saturated heterocycles. The van der Waals surface area contributed by atoms with Crippen molar-refractivity contribution >= 4 is 41.5 Å². The first kappa shape index (κ1) is 25.3. The van der Waals surface area contributed by atoms with Crippen molar-refractivity contribution in [1.82, 2.24) is 10.6 Å². The smallest absolute Gasteiger partial charge is 0.191 e. The molecule has 0 amide bonds. The highest BCUT2D eigenvalue weighted by atomic mass is 127. The Balaban J connectivity index is 0.00000420. The first-order chi connectivity index (χ1) is 13.6. The SMILES string of the molecule is CCNC(=NCC(O)c1cc(OC)cc(OC)c1)NCCc1ccccc1Cl.I. The molecule has 0 aliphatic carbocycles. The number of hydrogen-bond acceptors (Lipinski definition) is 4. The Morgan fingerprint density at radius 1 is 1.10 bits per heavy atom. The number of hydrogen-bond donors (Lipinski definition) is 3. The molecule has 2 aromatic rings. The zero-order valence-electron chi connectivity index (χ0n) is 16.9. The molecule has 6 nitrogen and oxygen atoms in total. The Labute approximate surface area is 194 Å². The van der Waals surface area contributed by atoms with E-state index in [9.17, 15) is 5.11 Å². The Bertz CT molecular complexity index is 767. The van der Waals surface area contributed by atoms with Crippen LogP contribution in [0.4, 0.5) is 0 Å². The van der Waals surface area contributed by atoms with Crippen molar-refractivity contribution in [1.29, 1.82) is 0 Å². The predicted molar refractivity (Wildman–Crippen MR) is 129 cm³/mol. The number of ether oxygens (including phenoxy) is 2. The number of nitrogens with one attached hydrogen (secondary N) is 2. The van der Waals surface area contributed by atoms with Crippen LogP contribution in [0.1, 0.15) is 24.2 Å². The Hall–Kier alpha value is -1.71. The van der Waals surface area contributed by atoms with E-state index in [0.717, 1.165) is 23.6 Å². The number of guanidine groups is 1. The van der Waals surface area contributed by atoms with E-state index in [-0.39, 0.29) is 30.5 Å². The van der Waals surface area contributed by atoms with E-state index in [1.807, 2.05) is 31.2 Å². The van der Waals surface area contributed by atoms with Crippen LogP contribution in [-0.4, -0.2) is 44.9 Å². The largest absolute Gasteiger partial charge is 0.497 e. The van der Waals surface area contributed by atoms with Gasteiger partial charge in [0, 0.05) is 24.2 Å². The van der Waals surface area contributed by atoms with Gasteiger partial charge in [-0.1, -0.05) is 29.8 Å². The summed E-state index contributed by atoms with van der Waals surface area (Å²) in [7, 11) is 3.16. The first-order valence-corrected chi connectivity index (χ1v) is 9.61. The highest BCUT2D eigenvalue weighted by Crippen LogP contribution is 2.26. The number of rotatable bonds is 9. The predicted octanol–water partition coefficient (Wildman–Crippen LogP) is 3.81. The molecule has 0 aromatic heterocycles. The second kappa shape index (κ2) is 13.5. The lowest BCUT2D eigenvalue weighted by Crippen LogP contribution is -2.38. The molecule has 2 aromatic carbocycles. The molecule has 1 unspecified atom stereocenters. The van der Waals surface area contributed by atoms with Crippen molar-refractivity contribution in [3.05, 3.63) is 58.6 Å². The van der Waals surface area contributed by atoms with Gasteiger partial charge in [0.05, 0.1) is 26.9 Å². The molecule has 8 heteroatoms. The van der Waals surface area contributed by atoms with Gasteiger partial charge in [-0.05, 0) is 42.7 Å². The molecule has 29 heavy (non-hydrogen) atoms. The van der Waals surface area contributed by atoms with Crippen molar-refractivity contribution in [3.8, 4) is 11.5 Å². The van der Waals surface area contributed by atoms with Gasteiger partial charge < -0.3 is 25.2 Å². The van der Waals surface area contributed by atoms with Gasteiger partial charge in [0.1, 0.15) is 11.5 Å². The van der Waals surface area contributed by atoms with E-state index in [4.69, 9.17) is 21.1 Å². The maximum atomic E-state index is 10.5. The van der Waals surface area contributed by atoms with Crippen molar-refractivity contribution in [3.63, 3.8) is 0 Å². The molecule has 3 N–H and O–H groups in total. The van der Waals surface area contributed by atoms with Gasteiger partial charge in [0.25, 0.3) is 0 Å². The minimum Gasteiger partial charge on any atom is -0.497 e. The van der Waals surface area contributed by atoms with Crippen LogP contribution in [0.25, 0.3) is 0 Å². The second-order valence-corrected chi connectivity index (χ2v) is 6.56. The van der Waals surface area contributed by atoms with Crippen LogP contribution in [-0.2, 0) is 6.42 Å². The summed E-state index contributed by atoms with van der Waals surface area (Å²) in [6, 6.07) is 13.1. The number of halogens is 2. The van der Waals surface area contributed by atoms with Crippen molar-refractivity contribution < 1.29 is 14.6 Å². The van der Waals surface area contributed by atoms with Crippen LogP contribution < -0.4 is 20.1 Å². The van der Waals surface area contributed by atoms with Crippen LogP contribution in [0.2, 0.25) is 5.02 Å². The van der Waals surface area contributed by atoms with Crippen molar-refractivity contribution in [2.75, 3.05) is 33.9 Å². The zero-order valence-corrected chi connectivity index (χ0v) is 20.0. The Morgan fingerprint density at radius 3 is 2.34 bits per heavy atom. The van der Waals surface area contributed by atoms with Crippen molar-refractivity contribution in [2.45, 2.75) is 19.4 Å². The molecule has 2 rings (SSSR count). The van der Waals surface area contributed by atoms with E-state index < -0.39 is 6.10 Å². The average Bonchev–Trinajstić information content (AvgIpc) is 2.72. The lowest BCUT2D eigenvalue weighted by Gasteiger charge is -2.15. The van der Waals surface area contributed by atoms with Gasteiger partial charge in [-0.2, -0.15) is 0 Å². The first-order valence-electron chi connectivity index (χ1n) is 9.24. The maximum Gasteiger partial charge on any atom is 0.191 e. The normalized spacial score (nSPS) is 12.0. The molecule has 160 valence electrons. The molecule has 0 heterocycles. The highest BCUT2D eigenvalue weighted by molar-refractivity contribution is 14.0. The van der Waals surface area contributed by atoms with Gasteiger partial charge in [0.15, 0.2) is 5.96 Å². The number of methoxy groups -OCH3 is 2. The second-order valence-electron chi connectivity index (χ2n) is 6.15. The number of aliphatic imine (C=N–C) groups is 1. The molecule has 0 bridgehead atoms. The van der Waals surface area contributed by atoms with E-state index >= 15 is 0 Å². The topological polar surface area (TPSA) is 75.1 Å². The quantitative estimate of drug-likeness (QED) is 0.260.